The van der Waals surface area contributed by atoms with Crippen LogP contribution < -0.4 is 0 Å². The van der Waals surface area contributed by atoms with Crippen LogP contribution in [0.25, 0.3) is 0 Å². The summed E-state index contributed by atoms with van der Waals surface area (Å²) in [6.07, 6.45) is 1.44. The van der Waals surface area contributed by atoms with E-state index in [1.165, 1.54) is 0 Å². The Morgan fingerprint density at radius 3 is 3.08 bits per heavy atom. The summed E-state index contributed by atoms with van der Waals surface area (Å²) in [5.41, 5.74) is 0. The third-order valence-electron chi connectivity index (χ3n) is 2.43. The molecule has 0 radical (unpaired) electrons. The van der Waals surface area contributed by atoms with Gasteiger partial charge in [0.25, 0.3) is 0 Å². The van der Waals surface area contributed by atoms with Gasteiger partial charge in [-0.1, -0.05) is 6.92 Å². The van der Waals surface area contributed by atoms with Crippen LogP contribution in [0.1, 0.15) is 20.3 Å². The van der Waals surface area contributed by atoms with Gasteiger partial charge in [-0.05, 0) is 13.3 Å². The van der Waals surface area contributed by atoms with E-state index < -0.39 is 0 Å². The highest BCUT2D eigenvalue weighted by Crippen LogP contribution is 2.09. The molecule has 13 heavy (non-hydrogen) atoms. The van der Waals surface area contributed by atoms with E-state index in [0.29, 0.717) is 6.10 Å². The molecule has 0 N–H and O–H groups in total. The monoisotopic (exact) mass is 182 g/mol. The second-order valence-corrected chi connectivity index (χ2v) is 3.69. The summed E-state index contributed by atoms with van der Waals surface area (Å²) in [5, 5.41) is 8.68. The lowest BCUT2D eigenvalue weighted by molar-refractivity contribution is -0.0316. The van der Waals surface area contributed by atoms with E-state index in [-0.39, 0.29) is 5.92 Å². The first-order valence-electron chi connectivity index (χ1n) is 4.99. The zero-order chi connectivity index (χ0) is 9.68. The summed E-state index contributed by atoms with van der Waals surface area (Å²) in [4.78, 5) is 2.32. The first-order chi connectivity index (χ1) is 6.26. The van der Waals surface area contributed by atoms with Crippen molar-refractivity contribution in [2.75, 3.05) is 26.2 Å². The highest BCUT2D eigenvalue weighted by molar-refractivity contribution is 4.83. The fourth-order valence-electron chi connectivity index (χ4n) is 1.62. The van der Waals surface area contributed by atoms with Crippen molar-refractivity contribution < 1.29 is 4.74 Å². The molecule has 0 aromatic heterocycles. The Kier molecular flexibility index (Phi) is 4.20. The van der Waals surface area contributed by atoms with Crippen molar-refractivity contribution in [3.8, 4) is 6.07 Å². The van der Waals surface area contributed by atoms with Crippen LogP contribution in [0.2, 0.25) is 0 Å². The molecule has 0 amide bonds. The summed E-state index contributed by atoms with van der Waals surface area (Å²) in [6, 6.07) is 2.26. The quantitative estimate of drug-likeness (QED) is 0.659. The average molecular weight is 182 g/mol. The zero-order valence-corrected chi connectivity index (χ0v) is 8.49. The van der Waals surface area contributed by atoms with Gasteiger partial charge in [-0.25, -0.2) is 0 Å². The number of morpholine rings is 1. The van der Waals surface area contributed by atoms with Crippen molar-refractivity contribution in [1.29, 1.82) is 5.26 Å². The van der Waals surface area contributed by atoms with Crippen molar-refractivity contribution in [3.05, 3.63) is 0 Å². The number of nitriles is 1. The standard InChI is InChI=1S/C10H18N2O/c1-3-10-8-12(4-5-13-10)7-9(2)6-11/h9-10H,3-5,7-8H2,1-2H3. The van der Waals surface area contributed by atoms with Crippen LogP contribution in [0.15, 0.2) is 0 Å². The summed E-state index contributed by atoms with van der Waals surface area (Å²) in [6.45, 7) is 7.77. The first-order valence-corrected chi connectivity index (χ1v) is 4.99. The van der Waals surface area contributed by atoms with Gasteiger partial charge in [0.2, 0.25) is 0 Å². The topological polar surface area (TPSA) is 36.3 Å². The van der Waals surface area contributed by atoms with Gasteiger partial charge in [0.05, 0.1) is 24.7 Å². The molecule has 1 rings (SSSR count). The summed E-state index contributed by atoms with van der Waals surface area (Å²) < 4.78 is 5.55. The van der Waals surface area contributed by atoms with Crippen LogP contribution in [-0.4, -0.2) is 37.2 Å². The summed E-state index contributed by atoms with van der Waals surface area (Å²) >= 11 is 0. The maximum atomic E-state index is 8.68. The van der Waals surface area contributed by atoms with E-state index in [1.54, 1.807) is 0 Å². The van der Waals surface area contributed by atoms with Gasteiger partial charge in [0.15, 0.2) is 0 Å². The maximum Gasteiger partial charge on any atom is 0.0700 e. The van der Waals surface area contributed by atoms with Crippen molar-refractivity contribution in [2.45, 2.75) is 26.4 Å². The predicted octanol–water partition coefficient (Wildman–Crippen LogP) is 1.26. The van der Waals surface area contributed by atoms with E-state index in [1.807, 2.05) is 6.92 Å². The molecule has 0 aliphatic carbocycles. The molecule has 3 nitrogen and oxygen atoms in total. The molecular weight excluding hydrogens is 164 g/mol. The Morgan fingerprint density at radius 2 is 2.46 bits per heavy atom. The zero-order valence-electron chi connectivity index (χ0n) is 8.49. The van der Waals surface area contributed by atoms with Gasteiger partial charge < -0.3 is 4.74 Å². The minimum absolute atomic E-state index is 0.135. The Labute approximate surface area is 80.3 Å². The largest absolute Gasteiger partial charge is 0.376 e. The molecule has 1 aliphatic rings. The van der Waals surface area contributed by atoms with E-state index in [9.17, 15) is 0 Å². The number of hydrogen-bond donors (Lipinski definition) is 0. The SMILES string of the molecule is CCC1CN(CC(C)C#N)CCO1. The van der Waals surface area contributed by atoms with E-state index in [0.717, 1.165) is 32.7 Å². The van der Waals surface area contributed by atoms with Crippen LogP contribution >= 0.6 is 0 Å². The van der Waals surface area contributed by atoms with Gasteiger partial charge >= 0.3 is 0 Å². The lowest BCUT2D eigenvalue weighted by Crippen LogP contribution is -2.43. The normalized spacial score (nSPS) is 26.7. The van der Waals surface area contributed by atoms with Crippen molar-refractivity contribution in [1.82, 2.24) is 4.90 Å². The highest BCUT2D eigenvalue weighted by Gasteiger charge is 2.19. The smallest absolute Gasteiger partial charge is 0.0700 e. The van der Waals surface area contributed by atoms with E-state index >= 15 is 0 Å². The molecule has 0 spiro atoms. The molecule has 3 heteroatoms. The second-order valence-electron chi connectivity index (χ2n) is 3.69. The maximum absolute atomic E-state index is 8.68. The fraction of sp³-hybridized carbons (Fsp3) is 0.900. The molecule has 2 atom stereocenters. The third kappa shape index (κ3) is 3.33. The molecule has 2 unspecified atom stereocenters. The molecule has 0 saturated carbocycles. The Bertz CT molecular complexity index is 188. The van der Waals surface area contributed by atoms with Gasteiger partial charge in [-0.15, -0.1) is 0 Å². The Hall–Kier alpha value is -0.590. The van der Waals surface area contributed by atoms with Crippen LogP contribution in [0.3, 0.4) is 0 Å². The Morgan fingerprint density at radius 1 is 1.69 bits per heavy atom. The summed E-state index contributed by atoms with van der Waals surface area (Å²) in [5.74, 6) is 0.135. The lowest BCUT2D eigenvalue weighted by atomic mass is 10.1. The molecule has 74 valence electrons. The fourth-order valence-corrected chi connectivity index (χ4v) is 1.62. The molecule has 0 aromatic carbocycles. The van der Waals surface area contributed by atoms with Crippen LogP contribution in [-0.2, 0) is 4.74 Å². The van der Waals surface area contributed by atoms with Crippen LogP contribution in [0.4, 0.5) is 0 Å². The van der Waals surface area contributed by atoms with E-state index in [2.05, 4.69) is 17.9 Å². The lowest BCUT2D eigenvalue weighted by Gasteiger charge is -2.32. The molecule has 1 saturated heterocycles. The van der Waals surface area contributed by atoms with Crippen molar-refractivity contribution in [2.24, 2.45) is 5.92 Å². The minimum atomic E-state index is 0.135. The molecular formula is C10H18N2O. The number of ether oxygens (including phenoxy) is 1. The van der Waals surface area contributed by atoms with Crippen LogP contribution in [0, 0.1) is 17.2 Å². The van der Waals surface area contributed by atoms with Gasteiger partial charge in [-0.3, -0.25) is 4.90 Å². The molecule has 1 aliphatic heterocycles. The Balaban J connectivity index is 2.30. The molecule has 1 heterocycles. The molecule has 1 fully saturated rings. The van der Waals surface area contributed by atoms with Gasteiger partial charge in [0.1, 0.15) is 0 Å². The first kappa shape index (κ1) is 10.5. The second kappa shape index (κ2) is 5.21. The molecule has 0 aromatic rings. The van der Waals surface area contributed by atoms with Gasteiger partial charge in [0, 0.05) is 19.6 Å². The van der Waals surface area contributed by atoms with E-state index in [4.69, 9.17) is 10.00 Å². The third-order valence-corrected chi connectivity index (χ3v) is 2.43. The molecule has 0 bridgehead atoms. The number of nitrogens with zero attached hydrogens (tertiary/aromatic N) is 2. The number of hydrogen-bond acceptors (Lipinski definition) is 3. The van der Waals surface area contributed by atoms with Crippen molar-refractivity contribution >= 4 is 0 Å². The van der Waals surface area contributed by atoms with Crippen molar-refractivity contribution in [3.63, 3.8) is 0 Å². The predicted molar refractivity (Wildman–Crippen MR) is 51.2 cm³/mol. The average Bonchev–Trinajstić information content (AvgIpc) is 2.18. The minimum Gasteiger partial charge on any atom is -0.376 e. The van der Waals surface area contributed by atoms with Crippen LogP contribution in [0.5, 0.6) is 0 Å². The summed E-state index contributed by atoms with van der Waals surface area (Å²) in [7, 11) is 0. The van der Waals surface area contributed by atoms with Gasteiger partial charge in [-0.2, -0.15) is 5.26 Å². The number of rotatable bonds is 3. The highest BCUT2D eigenvalue weighted by atomic mass is 16.5.